The second-order valence-corrected chi connectivity index (χ2v) is 7.09. The van der Waals surface area contributed by atoms with Gasteiger partial charge in [-0.1, -0.05) is 11.3 Å². The maximum absolute atomic E-state index is 12.7. The highest BCUT2D eigenvalue weighted by Gasteiger charge is 2.16. The summed E-state index contributed by atoms with van der Waals surface area (Å²) < 4.78 is 18.6. The third-order valence-electron chi connectivity index (χ3n) is 4.41. The van der Waals surface area contributed by atoms with Gasteiger partial charge in [0.2, 0.25) is 0 Å². The zero-order valence-electron chi connectivity index (χ0n) is 15.4. The zero-order chi connectivity index (χ0) is 19.7. The second kappa shape index (κ2) is 7.47. The number of benzene rings is 2. The number of fused-ring (bicyclic) bond motifs is 2. The van der Waals surface area contributed by atoms with E-state index in [-0.39, 0.29) is 5.91 Å². The Kier molecular flexibility index (Phi) is 4.87. The molecule has 0 spiro atoms. The highest BCUT2D eigenvalue weighted by molar-refractivity contribution is 7.16. The molecule has 2 heterocycles. The summed E-state index contributed by atoms with van der Waals surface area (Å²) >= 11 is 1.35. The van der Waals surface area contributed by atoms with Crippen LogP contribution < -0.4 is 14.3 Å². The van der Waals surface area contributed by atoms with E-state index in [9.17, 15) is 9.59 Å². The zero-order valence-corrected chi connectivity index (χ0v) is 16.2. The van der Waals surface area contributed by atoms with Crippen molar-refractivity contribution in [3.63, 3.8) is 0 Å². The van der Waals surface area contributed by atoms with Crippen molar-refractivity contribution in [1.29, 1.82) is 0 Å². The van der Waals surface area contributed by atoms with Crippen molar-refractivity contribution in [3.8, 4) is 11.5 Å². The third kappa shape index (κ3) is 3.27. The van der Waals surface area contributed by atoms with Crippen LogP contribution in [0.15, 0.2) is 41.4 Å². The van der Waals surface area contributed by atoms with Crippen LogP contribution in [0.25, 0.3) is 10.2 Å². The van der Waals surface area contributed by atoms with Crippen LogP contribution in [0.5, 0.6) is 11.5 Å². The van der Waals surface area contributed by atoms with Gasteiger partial charge in [0.15, 0.2) is 16.3 Å². The Bertz CT molecular complexity index is 1150. The van der Waals surface area contributed by atoms with Gasteiger partial charge in [0.1, 0.15) is 13.2 Å². The van der Waals surface area contributed by atoms with Crippen LogP contribution in [0.1, 0.15) is 27.6 Å². The summed E-state index contributed by atoms with van der Waals surface area (Å²) in [5.41, 5.74) is 1.80. The van der Waals surface area contributed by atoms with E-state index >= 15 is 0 Å². The molecule has 1 amide bonds. The number of aryl methyl sites for hydroxylation is 1. The van der Waals surface area contributed by atoms with Crippen LogP contribution in [-0.2, 0) is 11.3 Å². The molecule has 1 aliphatic rings. The molecule has 1 aliphatic heterocycles. The summed E-state index contributed by atoms with van der Waals surface area (Å²) in [4.78, 5) is 29.4. The average molecular weight is 398 g/mol. The Morgan fingerprint density at radius 1 is 1.11 bits per heavy atom. The van der Waals surface area contributed by atoms with E-state index in [0.29, 0.717) is 47.2 Å². The molecule has 28 heavy (non-hydrogen) atoms. The van der Waals surface area contributed by atoms with Crippen molar-refractivity contribution in [1.82, 2.24) is 4.57 Å². The summed E-state index contributed by atoms with van der Waals surface area (Å²) in [6.45, 7) is 3.58. The summed E-state index contributed by atoms with van der Waals surface area (Å²) in [6.07, 6.45) is 0. The number of amides is 1. The van der Waals surface area contributed by atoms with Crippen LogP contribution in [0.2, 0.25) is 0 Å². The Hall–Kier alpha value is -3.13. The molecule has 0 fully saturated rings. The van der Waals surface area contributed by atoms with E-state index in [0.717, 1.165) is 10.2 Å². The van der Waals surface area contributed by atoms with Gasteiger partial charge in [0, 0.05) is 12.1 Å². The first kappa shape index (κ1) is 18.2. The lowest BCUT2D eigenvalue weighted by Gasteiger charge is -2.18. The quantitative estimate of drug-likeness (QED) is 0.634. The normalized spacial score (nSPS) is 13.6. The molecule has 4 rings (SSSR count). The molecule has 0 bridgehead atoms. The van der Waals surface area contributed by atoms with Crippen LogP contribution in [0.3, 0.4) is 0 Å². The average Bonchev–Trinajstić information content (AvgIpc) is 3.08. The van der Waals surface area contributed by atoms with Crippen molar-refractivity contribution in [2.75, 3.05) is 20.3 Å². The van der Waals surface area contributed by atoms with Gasteiger partial charge in [-0.25, -0.2) is 4.79 Å². The van der Waals surface area contributed by atoms with E-state index in [1.165, 1.54) is 18.4 Å². The van der Waals surface area contributed by atoms with E-state index in [1.54, 1.807) is 30.3 Å². The Balaban J connectivity index is 1.75. The smallest absolute Gasteiger partial charge is 0.337 e. The Morgan fingerprint density at radius 3 is 2.61 bits per heavy atom. The standard InChI is InChI=1S/C20H18N2O5S/c1-3-22-14-6-4-13(19(24)25-2)11-17(14)28-20(22)21-18(23)12-5-7-15-16(10-12)27-9-8-26-15/h4-7,10-11H,3,8-9H2,1-2H3. The molecule has 0 atom stereocenters. The number of hydrogen-bond acceptors (Lipinski definition) is 6. The van der Waals surface area contributed by atoms with Gasteiger partial charge >= 0.3 is 5.97 Å². The number of ether oxygens (including phenoxy) is 3. The number of thiazole rings is 1. The van der Waals surface area contributed by atoms with Crippen molar-refractivity contribution in [2.24, 2.45) is 4.99 Å². The van der Waals surface area contributed by atoms with E-state index in [2.05, 4.69) is 4.99 Å². The fourth-order valence-corrected chi connectivity index (χ4v) is 4.17. The molecule has 0 aliphatic carbocycles. The highest BCUT2D eigenvalue weighted by Crippen LogP contribution is 2.31. The molecule has 1 aromatic heterocycles. The third-order valence-corrected chi connectivity index (χ3v) is 5.45. The molecule has 7 nitrogen and oxygen atoms in total. The lowest BCUT2D eigenvalue weighted by molar-refractivity contribution is 0.0601. The van der Waals surface area contributed by atoms with Crippen molar-refractivity contribution in [2.45, 2.75) is 13.5 Å². The number of methoxy groups -OCH3 is 1. The molecule has 0 saturated heterocycles. The minimum atomic E-state index is -0.399. The number of hydrogen-bond donors (Lipinski definition) is 0. The van der Waals surface area contributed by atoms with Crippen LogP contribution in [-0.4, -0.2) is 36.8 Å². The number of nitrogens with zero attached hydrogens (tertiary/aromatic N) is 2. The predicted octanol–water partition coefficient (Wildman–Crippen LogP) is 3.02. The SMILES string of the molecule is CCn1c(=NC(=O)c2ccc3c(c2)OCCO3)sc2cc(C(=O)OC)ccc21. The van der Waals surface area contributed by atoms with Crippen molar-refractivity contribution < 1.29 is 23.8 Å². The first-order chi connectivity index (χ1) is 13.6. The largest absolute Gasteiger partial charge is 0.486 e. The molecule has 144 valence electrons. The fraction of sp³-hybridized carbons (Fsp3) is 0.250. The lowest BCUT2D eigenvalue weighted by atomic mass is 10.2. The molecule has 8 heteroatoms. The topological polar surface area (TPSA) is 79.1 Å². The number of carbonyl (C=O) groups is 2. The van der Waals surface area contributed by atoms with Crippen LogP contribution in [0, 0.1) is 0 Å². The summed E-state index contributed by atoms with van der Waals surface area (Å²) in [6, 6.07) is 10.4. The van der Waals surface area contributed by atoms with Gasteiger partial charge < -0.3 is 18.8 Å². The number of rotatable bonds is 3. The van der Waals surface area contributed by atoms with Gasteiger partial charge in [-0.15, -0.1) is 0 Å². The highest BCUT2D eigenvalue weighted by atomic mass is 32.1. The minimum absolute atomic E-state index is 0.362. The monoisotopic (exact) mass is 398 g/mol. The number of esters is 1. The van der Waals surface area contributed by atoms with Gasteiger partial charge in [0.25, 0.3) is 5.91 Å². The van der Waals surface area contributed by atoms with Crippen molar-refractivity contribution in [3.05, 3.63) is 52.3 Å². The molecule has 3 aromatic rings. The van der Waals surface area contributed by atoms with E-state index in [1.807, 2.05) is 17.6 Å². The van der Waals surface area contributed by atoms with Gasteiger partial charge in [-0.2, -0.15) is 4.99 Å². The van der Waals surface area contributed by atoms with E-state index in [4.69, 9.17) is 14.2 Å². The molecule has 0 unspecified atom stereocenters. The Labute approximate surface area is 164 Å². The van der Waals surface area contributed by atoms with Crippen molar-refractivity contribution >= 4 is 33.4 Å². The predicted molar refractivity (Wildman–Crippen MR) is 104 cm³/mol. The molecule has 2 aromatic carbocycles. The second-order valence-electron chi connectivity index (χ2n) is 6.08. The van der Waals surface area contributed by atoms with Crippen LogP contribution in [0.4, 0.5) is 0 Å². The maximum Gasteiger partial charge on any atom is 0.337 e. The summed E-state index contributed by atoms with van der Waals surface area (Å²) in [7, 11) is 1.35. The Morgan fingerprint density at radius 2 is 1.86 bits per heavy atom. The molecular formula is C20H18N2O5S. The van der Waals surface area contributed by atoms with Gasteiger partial charge in [-0.3, -0.25) is 4.79 Å². The van der Waals surface area contributed by atoms with Gasteiger partial charge in [0.05, 0.1) is 22.9 Å². The summed E-state index contributed by atoms with van der Waals surface area (Å²) in [5, 5.41) is 0. The fourth-order valence-electron chi connectivity index (χ4n) is 3.04. The maximum atomic E-state index is 12.7. The van der Waals surface area contributed by atoms with Gasteiger partial charge in [-0.05, 0) is 43.3 Å². The lowest BCUT2D eigenvalue weighted by Crippen LogP contribution is -2.17. The molecule has 0 radical (unpaired) electrons. The number of carbonyl (C=O) groups excluding carboxylic acids is 2. The molecular weight excluding hydrogens is 380 g/mol. The first-order valence-corrected chi connectivity index (χ1v) is 9.62. The minimum Gasteiger partial charge on any atom is -0.486 e. The molecule has 0 N–H and O–H groups in total. The first-order valence-electron chi connectivity index (χ1n) is 8.81. The molecule has 0 saturated carbocycles. The summed E-state index contributed by atoms with van der Waals surface area (Å²) in [5.74, 6) is 0.418. The number of aromatic nitrogens is 1. The van der Waals surface area contributed by atoms with E-state index < -0.39 is 5.97 Å². The van der Waals surface area contributed by atoms with Crippen LogP contribution >= 0.6 is 11.3 Å².